The van der Waals surface area contributed by atoms with Gasteiger partial charge in [0, 0.05) is 12.6 Å². The molecule has 0 aromatic heterocycles. The van der Waals surface area contributed by atoms with Crippen LogP contribution in [0.4, 0.5) is 0 Å². The summed E-state index contributed by atoms with van der Waals surface area (Å²) in [5.74, 6) is 0. The Bertz CT molecular complexity index is 159. The lowest BCUT2D eigenvalue weighted by Crippen LogP contribution is -2.35. The van der Waals surface area contributed by atoms with E-state index in [1.54, 1.807) is 0 Å². The van der Waals surface area contributed by atoms with Gasteiger partial charge in [-0.25, -0.2) is 0 Å². The van der Waals surface area contributed by atoms with Gasteiger partial charge in [-0.3, -0.25) is 0 Å². The molecule has 2 nitrogen and oxygen atoms in total. The number of nitrogens with one attached hydrogen (secondary N) is 1. The van der Waals surface area contributed by atoms with Crippen LogP contribution in [0.3, 0.4) is 0 Å². The quantitative estimate of drug-likeness (QED) is 0.671. The zero-order chi connectivity index (χ0) is 11.6. The SMILES string of the molecule is CCCCCCCCN1CCCNC(C)C1. The molecule has 0 aliphatic carbocycles. The lowest BCUT2D eigenvalue weighted by atomic mass is 10.1. The third-order valence-corrected chi connectivity index (χ3v) is 3.50. The minimum absolute atomic E-state index is 0.683. The average Bonchev–Trinajstić information content (AvgIpc) is 2.48. The van der Waals surface area contributed by atoms with E-state index in [2.05, 4.69) is 24.1 Å². The molecule has 1 saturated heterocycles. The lowest BCUT2D eigenvalue weighted by Gasteiger charge is -2.22. The molecule has 1 N–H and O–H groups in total. The van der Waals surface area contributed by atoms with E-state index < -0.39 is 0 Å². The first-order chi connectivity index (χ1) is 7.83. The lowest BCUT2D eigenvalue weighted by molar-refractivity contribution is 0.266. The van der Waals surface area contributed by atoms with Crippen LogP contribution in [0.15, 0.2) is 0 Å². The predicted molar refractivity (Wildman–Crippen MR) is 71.9 cm³/mol. The smallest absolute Gasteiger partial charge is 0.0166 e. The van der Waals surface area contributed by atoms with Crippen molar-refractivity contribution in [2.45, 2.75) is 64.8 Å². The Kier molecular flexibility index (Phi) is 7.87. The third-order valence-electron chi connectivity index (χ3n) is 3.50. The predicted octanol–water partition coefficient (Wildman–Crippen LogP) is 3.03. The van der Waals surface area contributed by atoms with Crippen molar-refractivity contribution in [3.05, 3.63) is 0 Å². The molecular formula is C14H30N2. The van der Waals surface area contributed by atoms with Gasteiger partial charge >= 0.3 is 0 Å². The molecule has 0 bridgehead atoms. The molecule has 0 saturated carbocycles. The Morgan fingerprint density at radius 2 is 1.88 bits per heavy atom. The van der Waals surface area contributed by atoms with Crippen LogP contribution in [0.5, 0.6) is 0 Å². The Hall–Kier alpha value is -0.0800. The van der Waals surface area contributed by atoms with Crippen molar-refractivity contribution in [2.75, 3.05) is 26.2 Å². The van der Waals surface area contributed by atoms with Crippen molar-refractivity contribution in [2.24, 2.45) is 0 Å². The highest BCUT2D eigenvalue weighted by molar-refractivity contribution is 4.72. The first-order valence-corrected chi connectivity index (χ1v) is 7.28. The van der Waals surface area contributed by atoms with Crippen LogP contribution >= 0.6 is 0 Å². The summed E-state index contributed by atoms with van der Waals surface area (Å²) in [4.78, 5) is 2.64. The average molecular weight is 226 g/mol. The molecule has 1 heterocycles. The minimum Gasteiger partial charge on any atom is -0.313 e. The van der Waals surface area contributed by atoms with E-state index in [4.69, 9.17) is 0 Å². The number of hydrogen-bond acceptors (Lipinski definition) is 2. The van der Waals surface area contributed by atoms with Crippen molar-refractivity contribution >= 4 is 0 Å². The fourth-order valence-corrected chi connectivity index (χ4v) is 2.51. The number of rotatable bonds is 7. The van der Waals surface area contributed by atoms with Gasteiger partial charge in [-0.05, 0) is 39.4 Å². The summed E-state index contributed by atoms with van der Waals surface area (Å²) in [6.45, 7) is 9.65. The molecule has 0 aromatic carbocycles. The van der Waals surface area contributed by atoms with E-state index in [9.17, 15) is 0 Å². The van der Waals surface area contributed by atoms with E-state index >= 15 is 0 Å². The molecule has 1 aliphatic heterocycles. The molecule has 0 radical (unpaired) electrons. The molecular weight excluding hydrogens is 196 g/mol. The van der Waals surface area contributed by atoms with Gasteiger partial charge in [-0.2, -0.15) is 0 Å². The van der Waals surface area contributed by atoms with Gasteiger partial charge in [0.15, 0.2) is 0 Å². The summed E-state index contributed by atoms with van der Waals surface area (Å²) in [6, 6.07) is 0.683. The fourth-order valence-electron chi connectivity index (χ4n) is 2.51. The molecule has 0 aromatic rings. The van der Waals surface area contributed by atoms with Gasteiger partial charge in [-0.1, -0.05) is 39.0 Å². The molecule has 1 fully saturated rings. The van der Waals surface area contributed by atoms with Crippen molar-refractivity contribution < 1.29 is 0 Å². The first-order valence-electron chi connectivity index (χ1n) is 7.28. The van der Waals surface area contributed by atoms with Crippen LogP contribution in [0.25, 0.3) is 0 Å². The van der Waals surface area contributed by atoms with Crippen LogP contribution in [0.1, 0.15) is 58.8 Å². The summed E-state index contributed by atoms with van der Waals surface area (Å²) in [7, 11) is 0. The maximum atomic E-state index is 3.55. The molecule has 1 atom stereocenters. The highest BCUT2D eigenvalue weighted by atomic mass is 15.2. The molecule has 1 aliphatic rings. The van der Waals surface area contributed by atoms with Crippen molar-refractivity contribution in [3.63, 3.8) is 0 Å². The number of nitrogens with zero attached hydrogens (tertiary/aromatic N) is 1. The largest absolute Gasteiger partial charge is 0.313 e. The first kappa shape index (κ1) is 14.0. The molecule has 96 valence electrons. The molecule has 2 heteroatoms. The minimum atomic E-state index is 0.683. The van der Waals surface area contributed by atoms with Gasteiger partial charge in [0.1, 0.15) is 0 Å². The van der Waals surface area contributed by atoms with Crippen molar-refractivity contribution in [3.8, 4) is 0 Å². The maximum absolute atomic E-state index is 3.55. The Morgan fingerprint density at radius 3 is 2.69 bits per heavy atom. The van der Waals surface area contributed by atoms with Crippen LogP contribution in [-0.2, 0) is 0 Å². The Balaban J connectivity index is 1.98. The van der Waals surface area contributed by atoms with Crippen molar-refractivity contribution in [1.82, 2.24) is 10.2 Å². The fraction of sp³-hybridized carbons (Fsp3) is 1.00. The second kappa shape index (κ2) is 9.00. The summed E-state index contributed by atoms with van der Waals surface area (Å²) in [5, 5.41) is 3.55. The molecule has 16 heavy (non-hydrogen) atoms. The van der Waals surface area contributed by atoms with Gasteiger partial charge < -0.3 is 10.2 Å². The van der Waals surface area contributed by atoms with Crippen LogP contribution in [-0.4, -0.2) is 37.1 Å². The molecule has 0 amide bonds. The second-order valence-corrected chi connectivity index (χ2v) is 5.28. The van der Waals surface area contributed by atoms with E-state index in [0.29, 0.717) is 6.04 Å². The van der Waals surface area contributed by atoms with E-state index in [0.717, 1.165) is 0 Å². The van der Waals surface area contributed by atoms with E-state index in [1.165, 1.54) is 71.1 Å². The highest BCUT2D eigenvalue weighted by Crippen LogP contribution is 2.07. The van der Waals surface area contributed by atoms with Crippen LogP contribution < -0.4 is 5.32 Å². The Labute approximate surface area is 102 Å². The summed E-state index contributed by atoms with van der Waals surface area (Å²) in [5.41, 5.74) is 0. The molecule has 0 spiro atoms. The standard InChI is InChI=1S/C14H30N2/c1-3-4-5-6-7-8-11-16-12-9-10-15-14(2)13-16/h14-15H,3-13H2,1-2H3. The zero-order valence-electron chi connectivity index (χ0n) is 11.3. The van der Waals surface area contributed by atoms with Crippen LogP contribution in [0.2, 0.25) is 0 Å². The topological polar surface area (TPSA) is 15.3 Å². The monoisotopic (exact) mass is 226 g/mol. The van der Waals surface area contributed by atoms with Gasteiger partial charge in [0.05, 0.1) is 0 Å². The van der Waals surface area contributed by atoms with E-state index in [1.807, 2.05) is 0 Å². The van der Waals surface area contributed by atoms with Crippen LogP contribution in [0, 0.1) is 0 Å². The zero-order valence-corrected chi connectivity index (χ0v) is 11.3. The Morgan fingerprint density at radius 1 is 1.12 bits per heavy atom. The molecule has 1 rings (SSSR count). The van der Waals surface area contributed by atoms with E-state index in [-0.39, 0.29) is 0 Å². The second-order valence-electron chi connectivity index (χ2n) is 5.28. The van der Waals surface area contributed by atoms with Gasteiger partial charge in [0.25, 0.3) is 0 Å². The summed E-state index contributed by atoms with van der Waals surface area (Å²) < 4.78 is 0. The third kappa shape index (κ3) is 6.49. The normalized spacial score (nSPS) is 23.2. The highest BCUT2D eigenvalue weighted by Gasteiger charge is 2.12. The summed E-state index contributed by atoms with van der Waals surface area (Å²) >= 11 is 0. The maximum Gasteiger partial charge on any atom is 0.0166 e. The number of unbranched alkanes of at least 4 members (excludes halogenated alkanes) is 5. The summed E-state index contributed by atoms with van der Waals surface area (Å²) in [6.07, 6.45) is 9.80. The van der Waals surface area contributed by atoms with Gasteiger partial charge in [0.2, 0.25) is 0 Å². The molecule has 1 unspecified atom stereocenters. The number of hydrogen-bond donors (Lipinski definition) is 1. The van der Waals surface area contributed by atoms with Gasteiger partial charge in [-0.15, -0.1) is 0 Å². The van der Waals surface area contributed by atoms with Crippen molar-refractivity contribution in [1.29, 1.82) is 0 Å².